The number of hydrogen-bond donors (Lipinski definition) is 3. The highest BCUT2D eigenvalue weighted by Crippen LogP contribution is 2.27. The molecule has 0 fully saturated rings. The third kappa shape index (κ3) is 3.70. The maximum absolute atomic E-state index is 11.9. The number of carbonyl (C=O) groups is 1. The number of benzene rings is 1. The molecular formula is C15H22N2O2. The molecule has 4 nitrogen and oxygen atoms in total. The number of rotatable bonds is 4. The number of aliphatic hydroxyl groups excluding tert-OH is 1. The van der Waals surface area contributed by atoms with Gasteiger partial charge in [0.2, 0.25) is 0 Å². The molecule has 0 saturated heterocycles. The molecule has 19 heavy (non-hydrogen) atoms. The normalized spacial score (nSPS) is 15.5. The fourth-order valence-corrected chi connectivity index (χ4v) is 2.55. The van der Waals surface area contributed by atoms with Crippen LogP contribution in [0, 0.1) is 0 Å². The average molecular weight is 262 g/mol. The van der Waals surface area contributed by atoms with Crippen LogP contribution in [0.15, 0.2) is 18.2 Å². The lowest BCUT2D eigenvalue weighted by Crippen LogP contribution is -2.36. The molecule has 1 aliphatic carbocycles. The van der Waals surface area contributed by atoms with E-state index in [1.54, 1.807) is 0 Å². The number of fused-ring (bicyclic) bond motifs is 1. The van der Waals surface area contributed by atoms with Crippen LogP contribution in [0.25, 0.3) is 0 Å². The van der Waals surface area contributed by atoms with Gasteiger partial charge in [-0.3, -0.25) is 0 Å². The number of hydrogen-bond acceptors (Lipinski definition) is 2. The molecule has 2 rings (SSSR count). The van der Waals surface area contributed by atoms with E-state index in [9.17, 15) is 4.79 Å². The topological polar surface area (TPSA) is 61.4 Å². The smallest absolute Gasteiger partial charge is 0.319 e. The number of anilines is 1. The summed E-state index contributed by atoms with van der Waals surface area (Å²) in [4.78, 5) is 11.9. The first-order chi connectivity index (χ1) is 9.20. The molecule has 0 aliphatic heterocycles. The minimum Gasteiger partial charge on any atom is -0.396 e. The lowest BCUT2D eigenvalue weighted by Gasteiger charge is -2.20. The number of nitrogens with one attached hydrogen (secondary N) is 2. The van der Waals surface area contributed by atoms with E-state index in [0.717, 1.165) is 18.5 Å². The van der Waals surface area contributed by atoms with Gasteiger partial charge in [0.25, 0.3) is 0 Å². The van der Waals surface area contributed by atoms with Crippen LogP contribution in [0.4, 0.5) is 10.5 Å². The molecule has 104 valence electrons. The molecule has 0 heterocycles. The fraction of sp³-hybridized carbons (Fsp3) is 0.533. The maximum Gasteiger partial charge on any atom is 0.319 e. The maximum atomic E-state index is 11.9. The van der Waals surface area contributed by atoms with Crippen LogP contribution in [0.1, 0.15) is 37.3 Å². The Bertz CT molecular complexity index is 446. The molecule has 4 heteroatoms. The summed E-state index contributed by atoms with van der Waals surface area (Å²) in [6, 6.07) is 5.88. The Hall–Kier alpha value is -1.55. The van der Waals surface area contributed by atoms with Gasteiger partial charge in [-0.05, 0) is 56.2 Å². The van der Waals surface area contributed by atoms with Gasteiger partial charge in [-0.2, -0.15) is 0 Å². The van der Waals surface area contributed by atoms with E-state index < -0.39 is 0 Å². The Balaban J connectivity index is 2.01. The molecule has 0 spiro atoms. The SMILES string of the molecule is C[C@H](CCO)NC(=O)Nc1cccc2c1CCCC2. The molecule has 1 aromatic rings. The Morgan fingerprint density at radius 2 is 2.16 bits per heavy atom. The van der Waals surface area contributed by atoms with Gasteiger partial charge in [-0.25, -0.2) is 4.79 Å². The van der Waals surface area contributed by atoms with Crippen molar-refractivity contribution in [1.82, 2.24) is 5.32 Å². The highest BCUT2D eigenvalue weighted by atomic mass is 16.3. The summed E-state index contributed by atoms with van der Waals surface area (Å²) in [6.07, 6.45) is 5.14. The molecule has 0 unspecified atom stereocenters. The summed E-state index contributed by atoms with van der Waals surface area (Å²) < 4.78 is 0. The standard InChI is InChI=1S/C15H22N2O2/c1-11(9-10-18)16-15(19)17-14-8-4-6-12-5-2-3-7-13(12)14/h4,6,8,11,18H,2-3,5,7,9-10H2,1H3,(H2,16,17,19)/t11-/m1/s1. The van der Waals surface area contributed by atoms with Gasteiger partial charge in [-0.15, -0.1) is 0 Å². The molecule has 1 atom stereocenters. The van der Waals surface area contributed by atoms with E-state index in [1.807, 2.05) is 19.1 Å². The number of urea groups is 1. The molecular weight excluding hydrogens is 240 g/mol. The van der Waals surface area contributed by atoms with Crippen molar-refractivity contribution in [3.63, 3.8) is 0 Å². The van der Waals surface area contributed by atoms with Gasteiger partial charge in [-0.1, -0.05) is 12.1 Å². The second-order valence-corrected chi connectivity index (χ2v) is 5.16. The van der Waals surface area contributed by atoms with Crippen LogP contribution < -0.4 is 10.6 Å². The minimum absolute atomic E-state index is 0.0236. The van der Waals surface area contributed by atoms with Crippen molar-refractivity contribution in [2.45, 2.75) is 45.1 Å². The summed E-state index contributed by atoms with van der Waals surface area (Å²) in [6.45, 7) is 1.97. The van der Waals surface area contributed by atoms with Crippen LogP contribution >= 0.6 is 0 Å². The lowest BCUT2D eigenvalue weighted by molar-refractivity contribution is 0.241. The van der Waals surface area contributed by atoms with E-state index >= 15 is 0 Å². The van der Waals surface area contributed by atoms with Gasteiger partial charge in [0.15, 0.2) is 0 Å². The molecule has 0 aromatic heterocycles. The fourth-order valence-electron chi connectivity index (χ4n) is 2.55. The zero-order valence-corrected chi connectivity index (χ0v) is 11.4. The quantitative estimate of drug-likeness (QED) is 0.780. The monoisotopic (exact) mass is 262 g/mol. The zero-order chi connectivity index (χ0) is 13.7. The van der Waals surface area contributed by atoms with Crippen LogP contribution in [0.5, 0.6) is 0 Å². The Morgan fingerprint density at radius 1 is 1.37 bits per heavy atom. The Labute approximate surface area is 114 Å². The van der Waals surface area contributed by atoms with Gasteiger partial charge in [0.05, 0.1) is 0 Å². The van der Waals surface area contributed by atoms with Gasteiger partial charge < -0.3 is 15.7 Å². The third-order valence-electron chi connectivity index (χ3n) is 3.58. The van der Waals surface area contributed by atoms with Gasteiger partial charge in [0, 0.05) is 18.3 Å². The summed E-state index contributed by atoms with van der Waals surface area (Å²) in [5.74, 6) is 0. The van der Waals surface area contributed by atoms with Crippen molar-refractivity contribution < 1.29 is 9.90 Å². The molecule has 0 saturated carbocycles. The molecule has 2 amide bonds. The van der Waals surface area contributed by atoms with Crippen LogP contribution in [0.2, 0.25) is 0 Å². The molecule has 3 N–H and O–H groups in total. The minimum atomic E-state index is -0.195. The predicted octanol–water partition coefficient (Wildman–Crippen LogP) is 2.46. The second kappa shape index (κ2) is 6.57. The molecule has 1 aliphatic rings. The summed E-state index contributed by atoms with van der Waals surface area (Å²) in [7, 11) is 0. The molecule has 0 radical (unpaired) electrons. The van der Waals surface area contributed by atoms with E-state index in [4.69, 9.17) is 5.11 Å². The third-order valence-corrected chi connectivity index (χ3v) is 3.58. The molecule has 1 aromatic carbocycles. The largest absolute Gasteiger partial charge is 0.396 e. The summed E-state index contributed by atoms with van der Waals surface area (Å²) in [5, 5.41) is 14.6. The number of aliphatic hydroxyl groups is 1. The van der Waals surface area contributed by atoms with Crippen molar-refractivity contribution in [1.29, 1.82) is 0 Å². The molecule has 0 bridgehead atoms. The second-order valence-electron chi connectivity index (χ2n) is 5.16. The summed E-state index contributed by atoms with van der Waals surface area (Å²) >= 11 is 0. The lowest BCUT2D eigenvalue weighted by atomic mass is 9.90. The van der Waals surface area contributed by atoms with Crippen LogP contribution in [-0.2, 0) is 12.8 Å². The first kappa shape index (κ1) is 13.9. The van der Waals surface area contributed by atoms with Crippen molar-refractivity contribution in [3.05, 3.63) is 29.3 Å². The number of aryl methyl sites for hydroxylation is 1. The zero-order valence-electron chi connectivity index (χ0n) is 11.4. The van der Waals surface area contributed by atoms with Crippen molar-refractivity contribution >= 4 is 11.7 Å². The van der Waals surface area contributed by atoms with E-state index in [-0.39, 0.29) is 18.7 Å². The average Bonchev–Trinajstić information content (AvgIpc) is 2.39. The number of carbonyl (C=O) groups excluding carboxylic acids is 1. The van der Waals surface area contributed by atoms with Crippen LogP contribution in [-0.4, -0.2) is 23.8 Å². The highest BCUT2D eigenvalue weighted by Gasteiger charge is 2.14. The van der Waals surface area contributed by atoms with E-state index in [2.05, 4.69) is 16.7 Å². The highest BCUT2D eigenvalue weighted by molar-refractivity contribution is 5.90. The number of amides is 2. The van der Waals surface area contributed by atoms with Crippen molar-refractivity contribution in [3.8, 4) is 0 Å². The van der Waals surface area contributed by atoms with E-state index in [1.165, 1.54) is 24.0 Å². The first-order valence-electron chi connectivity index (χ1n) is 7.00. The van der Waals surface area contributed by atoms with Crippen molar-refractivity contribution in [2.24, 2.45) is 0 Å². The van der Waals surface area contributed by atoms with E-state index in [0.29, 0.717) is 6.42 Å². The Kier molecular flexibility index (Phi) is 4.80. The van der Waals surface area contributed by atoms with Gasteiger partial charge >= 0.3 is 6.03 Å². The summed E-state index contributed by atoms with van der Waals surface area (Å²) in [5.41, 5.74) is 3.55. The van der Waals surface area contributed by atoms with Gasteiger partial charge in [0.1, 0.15) is 0 Å². The first-order valence-corrected chi connectivity index (χ1v) is 7.00. The Morgan fingerprint density at radius 3 is 2.95 bits per heavy atom. The van der Waals surface area contributed by atoms with Crippen LogP contribution in [0.3, 0.4) is 0 Å². The predicted molar refractivity (Wildman–Crippen MR) is 76.4 cm³/mol. The van der Waals surface area contributed by atoms with Crippen molar-refractivity contribution in [2.75, 3.05) is 11.9 Å².